The lowest BCUT2D eigenvalue weighted by molar-refractivity contribution is 0.0954. The Bertz CT molecular complexity index is 1160. The van der Waals surface area contributed by atoms with E-state index in [1.54, 1.807) is 48.5 Å². The van der Waals surface area contributed by atoms with E-state index in [1.165, 1.54) is 13.3 Å². The van der Waals surface area contributed by atoms with Gasteiger partial charge in [-0.3, -0.25) is 4.79 Å². The maximum absolute atomic E-state index is 12.5. The maximum Gasteiger partial charge on any atom is 0.271 e. The van der Waals surface area contributed by atoms with Gasteiger partial charge in [-0.05, 0) is 54.1 Å². The number of hydrogen-bond donors (Lipinski definition) is 1. The van der Waals surface area contributed by atoms with E-state index in [4.69, 9.17) is 37.4 Å². The summed E-state index contributed by atoms with van der Waals surface area (Å²) in [6, 6.07) is 17.4. The Kier molecular flexibility index (Phi) is 8.75. The molecule has 0 bridgehead atoms. The van der Waals surface area contributed by atoms with Crippen LogP contribution in [0.5, 0.6) is 17.2 Å². The van der Waals surface area contributed by atoms with Crippen LogP contribution in [0.4, 0.5) is 0 Å². The summed E-state index contributed by atoms with van der Waals surface area (Å²) in [5.41, 5.74) is 4.38. The molecule has 6 nitrogen and oxygen atoms in total. The van der Waals surface area contributed by atoms with Gasteiger partial charge in [-0.25, -0.2) is 5.43 Å². The van der Waals surface area contributed by atoms with E-state index < -0.39 is 5.91 Å². The zero-order valence-corrected chi connectivity index (χ0v) is 19.4. The Hall–Kier alpha value is -3.48. The minimum atomic E-state index is -0.414. The molecule has 33 heavy (non-hydrogen) atoms. The van der Waals surface area contributed by atoms with E-state index in [0.29, 0.717) is 51.6 Å². The Morgan fingerprint density at radius 2 is 1.79 bits per heavy atom. The van der Waals surface area contributed by atoms with Crippen LogP contribution < -0.4 is 19.6 Å². The first-order chi connectivity index (χ1) is 16.0. The van der Waals surface area contributed by atoms with Crippen molar-refractivity contribution in [1.82, 2.24) is 5.43 Å². The first-order valence-corrected chi connectivity index (χ1v) is 10.7. The van der Waals surface area contributed by atoms with E-state index in [1.807, 2.05) is 18.2 Å². The number of benzene rings is 3. The third-order valence-electron chi connectivity index (χ3n) is 4.41. The number of halogens is 2. The van der Waals surface area contributed by atoms with Crippen molar-refractivity contribution < 1.29 is 19.0 Å². The summed E-state index contributed by atoms with van der Waals surface area (Å²) in [7, 11) is 1.50. The molecule has 0 aliphatic rings. The molecular weight excluding hydrogens is 463 g/mol. The molecule has 0 heterocycles. The molecule has 3 aromatic carbocycles. The number of amides is 1. The highest BCUT2D eigenvalue weighted by Crippen LogP contribution is 2.28. The van der Waals surface area contributed by atoms with Gasteiger partial charge in [0.2, 0.25) is 0 Å². The van der Waals surface area contributed by atoms with Crippen LogP contribution in [0, 0.1) is 0 Å². The van der Waals surface area contributed by atoms with E-state index in [2.05, 4.69) is 17.1 Å². The fraction of sp³-hybridized carbons (Fsp3) is 0.120. The lowest BCUT2D eigenvalue weighted by atomic mass is 10.2. The van der Waals surface area contributed by atoms with Crippen molar-refractivity contribution in [2.24, 2.45) is 5.10 Å². The first kappa shape index (κ1) is 24.2. The maximum atomic E-state index is 12.5. The molecular formula is C25H22Cl2N2O4. The van der Waals surface area contributed by atoms with Crippen molar-refractivity contribution in [3.05, 3.63) is 100 Å². The molecule has 0 aliphatic carbocycles. The van der Waals surface area contributed by atoms with E-state index in [0.717, 1.165) is 5.56 Å². The Balaban J connectivity index is 1.68. The summed E-state index contributed by atoms with van der Waals surface area (Å²) in [4.78, 5) is 12.5. The molecule has 0 fully saturated rings. The molecule has 3 aromatic rings. The molecule has 0 spiro atoms. The topological polar surface area (TPSA) is 69.2 Å². The zero-order valence-electron chi connectivity index (χ0n) is 17.9. The number of rotatable bonds is 10. The van der Waals surface area contributed by atoms with Crippen LogP contribution in [0.3, 0.4) is 0 Å². The Morgan fingerprint density at radius 3 is 2.55 bits per heavy atom. The number of carbonyl (C=O) groups excluding carboxylic acids is 1. The smallest absolute Gasteiger partial charge is 0.271 e. The number of nitrogens with zero attached hydrogens (tertiary/aromatic N) is 1. The first-order valence-electron chi connectivity index (χ1n) is 9.92. The fourth-order valence-corrected chi connectivity index (χ4v) is 3.23. The van der Waals surface area contributed by atoms with Crippen molar-refractivity contribution in [3.63, 3.8) is 0 Å². The fourth-order valence-electron chi connectivity index (χ4n) is 2.84. The summed E-state index contributed by atoms with van der Waals surface area (Å²) in [5, 5.41) is 5.19. The SMILES string of the molecule is C=CCOc1ccc(C(=O)N/N=C/c2cc(Cl)ccc2OCc2cccc(Cl)c2)cc1OC. The van der Waals surface area contributed by atoms with Gasteiger partial charge >= 0.3 is 0 Å². The summed E-state index contributed by atoms with van der Waals surface area (Å²) in [6.45, 7) is 4.25. The normalized spacial score (nSPS) is 10.6. The number of hydrogen-bond acceptors (Lipinski definition) is 5. The predicted octanol–water partition coefficient (Wildman–Crippen LogP) is 5.91. The van der Waals surface area contributed by atoms with Crippen LogP contribution >= 0.6 is 23.2 Å². The molecule has 0 atom stereocenters. The summed E-state index contributed by atoms with van der Waals surface area (Å²) in [5.74, 6) is 1.09. The van der Waals surface area contributed by atoms with Crippen molar-refractivity contribution in [3.8, 4) is 17.2 Å². The number of methoxy groups -OCH3 is 1. The van der Waals surface area contributed by atoms with E-state index in [9.17, 15) is 4.79 Å². The van der Waals surface area contributed by atoms with E-state index >= 15 is 0 Å². The molecule has 1 N–H and O–H groups in total. The van der Waals surface area contributed by atoms with Crippen molar-refractivity contribution >= 4 is 35.3 Å². The summed E-state index contributed by atoms with van der Waals surface area (Å²) in [6.07, 6.45) is 3.09. The van der Waals surface area contributed by atoms with E-state index in [-0.39, 0.29) is 0 Å². The second-order valence-corrected chi connectivity index (χ2v) is 7.64. The molecule has 0 unspecified atom stereocenters. The van der Waals surface area contributed by atoms with Gasteiger partial charge < -0.3 is 14.2 Å². The van der Waals surface area contributed by atoms with Crippen molar-refractivity contribution in [2.45, 2.75) is 6.61 Å². The van der Waals surface area contributed by atoms with Crippen LogP contribution in [0.2, 0.25) is 10.0 Å². The number of ether oxygens (including phenoxy) is 3. The van der Waals surface area contributed by atoms with Gasteiger partial charge in [0, 0.05) is 21.2 Å². The minimum absolute atomic E-state index is 0.315. The van der Waals surface area contributed by atoms with Crippen LogP contribution in [0.1, 0.15) is 21.5 Å². The Morgan fingerprint density at radius 1 is 1.00 bits per heavy atom. The predicted molar refractivity (Wildman–Crippen MR) is 131 cm³/mol. The third kappa shape index (κ3) is 7.00. The van der Waals surface area contributed by atoms with Gasteiger partial charge in [0.15, 0.2) is 11.5 Å². The molecule has 170 valence electrons. The molecule has 8 heteroatoms. The highest BCUT2D eigenvalue weighted by Gasteiger charge is 2.11. The third-order valence-corrected chi connectivity index (χ3v) is 4.88. The average molecular weight is 485 g/mol. The second-order valence-electron chi connectivity index (χ2n) is 6.77. The monoisotopic (exact) mass is 484 g/mol. The lowest BCUT2D eigenvalue weighted by Crippen LogP contribution is -2.17. The number of carbonyl (C=O) groups is 1. The largest absolute Gasteiger partial charge is 0.493 e. The van der Waals surface area contributed by atoms with Gasteiger partial charge in [-0.15, -0.1) is 0 Å². The minimum Gasteiger partial charge on any atom is -0.493 e. The standard InChI is InChI=1S/C25H22Cl2N2O4/c1-3-11-32-23-9-7-18(14-24(23)31-2)25(30)29-28-15-19-13-21(27)8-10-22(19)33-16-17-5-4-6-20(26)12-17/h3-10,12-15H,1,11,16H2,2H3,(H,29,30)/b28-15+. The quantitative estimate of drug-likeness (QED) is 0.220. The van der Waals surface area contributed by atoms with Crippen LogP contribution in [0.15, 0.2) is 78.4 Å². The molecule has 0 aliphatic heterocycles. The second kappa shape index (κ2) is 11.9. The van der Waals surface area contributed by atoms with Gasteiger partial charge in [-0.2, -0.15) is 5.10 Å². The van der Waals surface area contributed by atoms with Crippen LogP contribution in [-0.2, 0) is 6.61 Å². The van der Waals surface area contributed by atoms with Crippen molar-refractivity contribution in [2.75, 3.05) is 13.7 Å². The lowest BCUT2D eigenvalue weighted by Gasteiger charge is -2.11. The molecule has 0 aromatic heterocycles. The van der Waals surface area contributed by atoms with Crippen LogP contribution in [-0.4, -0.2) is 25.8 Å². The number of hydrazone groups is 1. The summed E-state index contributed by atoms with van der Waals surface area (Å²) < 4.78 is 16.7. The van der Waals surface area contributed by atoms with Gasteiger partial charge in [0.1, 0.15) is 19.0 Å². The van der Waals surface area contributed by atoms with Crippen molar-refractivity contribution in [1.29, 1.82) is 0 Å². The van der Waals surface area contributed by atoms with Crippen LogP contribution in [0.25, 0.3) is 0 Å². The molecule has 0 saturated carbocycles. The average Bonchev–Trinajstić information content (AvgIpc) is 2.82. The number of nitrogens with one attached hydrogen (secondary N) is 1. The molecule has 3 rings (SSSR count). The highest BCUT2D eigenvalue weighted by atomic mass is 35.5. The van der Waals surface area contributed by atoms with Gasteiger partial charge in [-0.1, -0.05) is 48.0 Å². The summed E-state index contributed by atoms with van der Waals surface area (Å²) >= 11 is 12.1. The highest BCUT2D eigenvalue weighted by molar-refractivity contribution is 6.31. The molecule has 0 saturated heterocycles. The molecule has 0 radical (unpaired) electrons. The Labute approximate surface area is 202 Å². The van der Waals surface area contributed by atoms with Gasteiger partial charge in [0.25, 0.3) is 5.91 Å². The zero-order chi connectivity index (χ0) is 23.6. The van der Waals surface area contributed by atoms with Gasteiger partial charge in [0.05, 0.1) is 13.3 Å². The molecule has 1 amide bonds.